The highest BCUT2D eigenvalue weighted by Gasteiger charge is 2.01. The molecular formula is C17H18O2S. The van der Waals surface area contributed by atoms with Gasteiger partial charge in [0.05, 0.1) is 7.11 Å². The Morgan fingerprint density at radius 2 is 2.00 bits per heavy atom. The van der Waals surface area contributed by atoms with Crippen molar-refractivity contribution >= 4 is 17.3 Å². The summed E-state index contributed by atoms with van der Waals surface area (Å²) in [7, 11) is 1.40. The molecule has 0 saturated carbocycles. The van der Waals surface area contributed by atoms with Gasteiger partial charge in [-0.3, -0.25) is 0 Å². The van der Waals surface area contributed by atoms with Gasteiger partial charge in [-0.05, 0) is 42.3 Å². The van der Waals surface area contributed by atoms with Crippen LogP contribution in [-0.4, -0.2) is 13.1 Å². The highest BCUT2D eigenvalue weighted by Crippen LogP contribution is 2.25. The molecule has 0 unspecified atom stereocenters. The van der Waals surface area contributed by atoms with Crippen LogP contribution in [0, 0.1) is 0 Å². The SMILES string of the molecule is COC(=O)/C=C(\C)CCc1ccc(-c2cccs2)cc1. The van der Waals surface area contributed by atoms with Gasteiger partial charge in [0, 0.05) is 11.0 Å². The quantitative estimate of drug-likeness (QED) is 0.599. The lowest BCUT2D eigenvalue weighted by molar-refractivity contribution is -0.134. The molecule has 1 heterocycles. The van der Waals surface area contributed by atoms with E-state index >= 15 is 0 Å². The molecule has 2 nitrogen and oxygen atoms in total. The van der Waals surface area contributed by atoms with Crippen LogP contribution in [0.25, 0.3) is 10.4 Å². The fraction of sp³-hybridized carbons (Fsp3) is 0.235. The summed E-state index contributed by atoms with van der Waals surface area (Å²) in [6.07, 6.45) is 3.36. The maximum absolute atomic E-state index is 11.1. The summed E-state index contributed by atoms with van der Waals surface area (Å²) < 4.78 is 4.62. The molecular weight excluding hydrogens is 268 g/mol. The molecule has 0 amide bonds. The first-order chi connectivity index (χ1) is 9.69. The highest BCUT2D eigenvalue weighted by atomic mass is 32.1. The monoisotopic (exact) mass is 286 g/mol. The van der Waals surface area contributed by atoms with Crippen LogP contribution in [0.2, 0.25) is 0 Å². The number of hydrogen-bond donors (Lipinski definition) is 0. The van der Waals surface area contributed by atoms with E-state index in [4.69, 9.17) is 0 Å². The number of ether oxygens (including phenoxy) is 1. The molecule has 104 valence electrons. The first kappa shape index (κ1) is 14.5. The molecule has 0 N–H and O–H groups in total. The molecule has 0 fully saturated rings. The summed E-state index contributed by atoms with van der Waals surface area (Å²) in [5.74, 6) is -0.282. The Bertz CT molecular complexity index is 580. The molecule has 0 spiro atoms. The van der Waals surface area contributed by atoms with Gasteiger partial charge in [0.2, 0.25) is 0 Å². The molecule has 1 aromatic heterocycles. The minimum absolute atomic E-state index is 0.282. The average Bonchev–Trinajstić information content (AvgIpc) is 2.99. The Labute approximate surface area is 123 Å². The number of rotatable bonds is 5. The minimum atomic E-state index is -0.282. The summed E-state index contributed by atoms with van der Waals surface area (Å²) in [5, 5.41) is 2.09. The number of esters is 1. The zero-order chi connectivity index (χ0) is 14.4. The van der Waals surface area contributed by atoms with Crippen LogP contribution in [0.1, 0.15) is 18.9 Å². The molecule has 20 heavy (non-hydrogen) atoms. The molecule has 1 aromatic carbocycles. The van der Waals surface area contributed by atoms with E-state index in [-0.39, 0.29) is 5.97 Å². The van der Waals surface area contributed by atoms with Crippen LogP contribution in [0.15, 0.2) is 53.4 Å². The topological polar surface area (TPSA) is 26.3 Å². The van der Waals surface area contributed by atoms with Crippen LogP contribution in [-0.2, 0) is 16.0 Å². The molecule has 0 aliphatic heterocycles. The Kier molecular flexibility index (Phi) is 5.13. The summed E-state index contributed by atoms with van der Waals surface area (Å²) >= 11 is 1.75. The fourth-order valence-corrected chi connectivity index (χ4v) is 2.69. The van der Waals surface area contributed by atoms with Crippen molar-refractivity contribution in [1.29, 1.82) is 0 Å². The molecule has 3 heteroatoms. The predicted molar refractivity (Wildman–Crippen MR) is 83.8 cm³/mol. The van der Waals surface area contributed by atoms with Gasteiger partial charge in [-0.25, -0.2) is 4.79 Å². The molecule has 0 bridgehead atoms. The number of aryl methyl sites for hydroxylation is 1. The van der Waals surface area contributed by atoms with Crippen LogP contribution >= 0.6 is 11.3 Å². The number of carbonyl (C=O) groups excluding carboxylic acids is 1. The van der Waals surface area contributed by atoms with Gasteiger partial charge in [-0.1, -0.05) is 35.9 Å². The third kappa shape index (κ3) is 4.07. The smallest absolute Gasteiger partial charge is 0.330 e. The predicted octanol–water partition coefficient (Wildman–Crippen LogP) is 4.47. The number of hydrogen-bond acceptors (Lipinski definition) is 3. The van der Waals surface area contributed by atoms with Gasteiger partial charge in [0.25, 0.3) is 0 Å². The number of carbonyl (C=O) groups is 1. The van der Waals surface area contributed by atoms with Crippen molar-refractivity contribution in [3.8, 4) is 10.4 Å². The zero-order valence-electron chi connectivity index (χ0n) is 11.8. The van der Waals surface area contributed by atoms with Crippen LogP contribution in [0.3, 0.4) is 0 Å². The van der Waals surface area contributed by atoms with Crippen LogP contribution in [0.4, 0.5) is 0 Å². The second-order valence-electron chi connectivity index (χ2n) is 4.69. The zero-order valence-corrected chi connectivity index (χ0v) is 12.6. The fourth-order valence-electron chi connectivity index (χ4n) is 1.95. The molecule has 0 radical (unpaired) electrons. The van der Waals surface area contributed by atoms with Gasteiger partial charge in [0.15, 0.2) is 0 Å². The van der Waals surface area contributed by atoms with Crippen molar-refractivity contribution < 1.29 is 9.53 Å². The summed E-state index contributed by atoms with van der Waals surface area (Å²) in [6.45, 7) is 1.96. The molecule has 2 rings (SSSR count). The largest absolute Gasteiger partial charge is 0.466 e. The maximum Gasteiger partial charge on any atom is 0.330 e. The van der Waals surface area contributed by atoms with E-state index in [0.29, 0.717) is 0 Å². The lowest BCUT2D eigenvalue weighted by atomic mass is 10.0. The number of allylic oxidation sites excluding steroid dienone is 1. The second kappa shape index (κ2) is 7.06. The van der Waals surface area contributed by atoms with E-state index in [2.05, 4.69) is 46.5 Å². The van der Waals surface area contributed by atoms with Crippen molar-refractivity contribution in [3.05, 3.63) is 59.0 Å². The van der Waals surface area contributed by atoms with E-state index in [0.717, 1.165) is 18.4 Å². The lowest BCUT2D eigenvalue weighted by Gasteiger charge is -2.04. The Morgan fingerprint density at radius 1 is 1.25 bits per heavy atom. The van der Waals surface area contributed by atoms with E-state index in [9.17, 15) is 4.79 Å². The van der Waals surface area contributed by atoms with E-state index in [1.807, 2.05) is 6.92 Å². The Balaban J connectivity index is 1.94. The highest BCUT2D eigenvalue weighted by molar-refractivity contribution is 7.13. The number of benzene rings is 1. The van der Waals surface area contributed by atoms with E-state index in [1.165, 1.54) is 23.1 Å². The molecule has 0 atom stereocenters. The Morgan fingerprint density at radius 3 is 2.60 bits per heavy atom. The Hall–Kier alpha value is -1.87. The molecule has 2 aromatic rings. The van der Waals surface area contributed by atoms with Crippen molar-refractivity contribution in [2.45, 2.75) is 19.8 Å². The van der Waals surface area contributed by atoms with Gasteiger partial charge < -0.3 is 4.74 Å². The minimum Gasteiger partial charge on any atom is -0.466 e. The molecule has 0 saturated heterocycles. The third-order valence-corrected chi connectivity index (χ3v) is 4.05. The number of methoxy groups -OCH3 is 1. The molecule has 0 aliphatic carbocycles. The van der Waals surface area contributed by atoms with Crippen LogP contribution in [0.5, 0.6) is 0 Å². The van der Waals surface area contributed by atoms with Gasteiger partial charge in [0.1, 0.15) is 0 Å². The van der Waals surface area contributed by atoms with Crippen molar-refractivity contribution in [2.24, 2.45) is 0 Å². The first-order valence-electron chi connectivity index (χ1n) is 6.57. The lowest BCUT2D eigenvalue weighted by Crippen LogP contribution is -1.96. The maximum atomic E-state index is 11.1. The average molecular weight is 286 g/mol. The first-order valence-corrected chi connectivity index (χ1v) is 7.45. The standard InChI is InChI=1S/C17H18O2S/c1-13(12-17(18)19-2)5-6-14-7-9-15(10-8-14)16-4-3-11-20-16/h3-4,7-12H,5-6H2,1-2H3/b13-12+. The second-order valence-corrected chi connectivity index (χ2v) is 5.64. The van der Waals surface area contributed by atoms with Crippen molar-refractivity contribution in [2.75, 3.05) is 7.11 Å². The van der Waals surface area contributed by atoms with Crippen molar-refractivity contribution in [3.63, 3.8) is 0 Å². The van der Waals surface area contributed by atoms with Gasteiger partial charge >= 0.3 is 5.97 Å². The summed E-state index contributed by atoms with van der Waals surface area (Å²) in [5.41, 5.74) is 3.58. The summed E-state index contributed by atoms with van der Waals surface area (Å²) in [6, 6.07) is 12.8. The van der Waals surface area contributed by atoms with E-state index < -0.39 is 0 Å². The van der Waals surface area contributed by atoms with Gasteiger partial charge in [-0.15, -0.1) is 11.3 Å². The van der Waals surface area contributed by atoms with Crippen molar-refractivity contribution in [1.82, 2.24) is 0 Å². The van der Waals surface area contributed by atoms with Gasteiger partial charge in [-0.2, -0.15) is 0 Å². The molecule has 0 aliphatic rings. The van der Waals surface area contributed by atoms with E-state index in [1.54, 1.807) is 17.4 Å². The summed E-state index contributed by atoms with van der Waals surface area (Å²) in [4.78, 5) is 12.4. The normalized spacial score (nSPS) is 11.4. The van der Waals surface area contributed by atoms with Crippen LogP contribution < -0.4 is 0 Å². The third-order valence-electron chi connectivity index (χ3n) is 3.13. The number of thiophene rings is 1.